The summed E-state index contributed by atoms with van der Waals surface area (Å²) in [4.78, 5) is 7.13. The first-order chi connectivity index (χ1) is 13.2. The zero-order valence-electron chi connectivity index (χ0n) is 17.5. The van der Waals surface area contributed by atoms with Gasteiger partial charge in [-0.3, -0.25) is 4.90 Å². The molecule has 0 amide bonds. The van der Waals surface area contributed by atoms with Crippen LogP contribution in [0.5, 0.6) is 0 Å². The molecule has 1 saturated carbocycles. The van der Waals surface area contributed by atoms with Crippen LogP contribution in [0.1, 0.15) is 51.2 Å². The number of rotatable bonds is 13. The first kappa shape index (κ1) is 21.7. The largest absolute Gasteiger partial charge is 0.381 e. The van der Waals surface area contributed by atoms with Crippen molar-refractivity contribution < 1.29 is 4.74 Å². The van der Waals surface area contributed by atoms with E-state index in [-0.39, 0.29) is 0 Å². The molecular formula is C22H38N4O. The molecule has 0 aromatic heterocycles. The molecule has 0 radical (unpaired) electrons. The summed E-state index contributed by atoms with van der Waals surface area (Å²) in [6, 6.07) is 8.83. The topological polar surface area (TPSA) is 48.9 Å². The van der Waals surface area contributed by atoms with Crippen LogP contribution >= 0.6 is 0 Å². The van der Waals surface area contributed by atoms with E-state index in [2.05, 4.69) is 60.6 Å². The lowest BCUT2D eigenvalue weighted by atomic mass is 10.1. The molecule has 0 saturated heterocycles. The summed E-state index contributed by atoms with van der Waals surface area (Å²) in [6.07, 6.45) is 3.72. The summed E-state index contributed by atoms with van der Waals surface area (Å²) in [5.74, 6) is 1.72. The molecule has 5 nitrogen and oxygen atoms in total. The van der Waals surface area contributed by atoms with Crippen LogP contribution in [-0.4, -0.2) is 50.3 Å². The Morgan fingerprint density at radius 2 is 1.78 bits per heavy atom. The molecule has 1 aliphatic rings. The average molecular weight is 375 g/mol. The van der Waals surface area contributed by atoms with E-state index in [9.17, 15) is 0 Å². The van der Waals surface area contributed by atoms with E-state index in [4.69, 9.17) is 9.73 Å². The molecule has 2 N–H and O–H groups in total. The maximum atomic E-state index is 5.68. The Balaban J connectivity index is 1.71. The number of nitrogens with zero attached hydrogens (tertiary/aromatic N) is 2. The van der Waals surface area contributed by atoms with Crippen molar-refractivity contribution in [3.63, 3.8) is 0 Å². The Morgan fingerprint density at radius 1 is 1.07 bits per heavy atom. The molecule has 0 atom stereocenters. The first-order valence-corrected chi connectivity index (χ1v) is 10.6. The van der Waals surface area contributed by atoms with E-state index in [1.807, 2.05) is 0 Å². The molecule has 2 rings (SSSR count). The van der Waals surface area contributed by atoms with E-state index in [1.165, 1.54) is 24.0 Å². The molecule has 152 valence electrons. The maximum absolute atomic E-state index is 5.68. The molecule has 1 aromatic carbocycles. The van der Waals surface area contributed by atoms with Crippen molar-refractivity contribution in [3.8, 4) is 0 Å². The van der Waals surface area contributed by atoms with Crippen molar-refractivity contribution in [2.24, 2.45) is 10.9 Å². The zero-order valence-corrected chi connectivity index (χ0v) is 17.5. The molecule has 0 spiro atoms. The van der Waals surface area contributed by atoms with Gasteiger partial charge in [-0.25, -0.2) is 4.99 Å². The van der Waals surface area contributed by atoms with E-state index in [1.54, 1.807) is 0 Å². The number of hydrogen-bond donors (Lipinski definition) is 2. The number of nitrogens with one attached hydrogen (secondary N) is 2. The molecule has 27 heavy (non-hydrogen) atoms. The molecule has 1 aromatic rings. The first-order valence-electron chi connectivity index (χ1n) is 10.6. The van der Waals surface area contributed by atoms with Crippen LogP contribution in [0, 0.1) is 5.92 Å². The van der Waals surface area contributed by atoms with Gasteiger partial charge in [0.2, 0.25) is 0 Å². The zero-order chi connectivity index (χ0) is 19.3. The fourth-order valence-corrected chi connectivity index (χ4v) is 2.88. The third-order valence-corrected chi connectivity index (χ3v) is 4.90. The fourth-order valence-electron chi connectivity index (χ4n) is 2.88. The SMILES string of the molecule is CCNC(=NCc1ccc(CN(CC)CC)cc1)NCCCOCC1CC1. The third-order valence-electron chi connectivity index (χ3n) is 4.90. The highest BCUT2D eigenvalue weighted by molar-refractivity contribution is 5.79. The van der Waals surface area contributed by atoms with Crippen LogP contribution in [0.4, 0.5) is 0 Å². The van der Waals surface area contributed by atoms with Crippen molar-refractivity contribution in [1.82, 2.24) is 15.5 Å². The number of ether oxygens (including phenoxy) is 1. The summed E-state index contributed by atoms with van der Waals surface area (Å²) in [5.41, 5.74) is 2.60. The van der Waals surface area contributed by atoms with Gasteiger partial charge < -0.3 is 15.4 Å². The lowest BCUT2D eigenvalue weighted by Gasteiger charge is -2.18. The van der Waals surface area contributed by atoms with Gasteiger partial charge in [-0.2, -0.15) is 0 Å². The number of guanidine groups is 1. The predicted molar refractivity (Wildman–Crippen MR) is 114 cm³/mol. The van der Waals surface area contributed by atoms with E-state index in [0.717, 1.165) is 64.2 Å². The quantitative estimate of drug-likeness (QED) is 0.316. The van der Waals surface area contributed by atoms with Crippen LogP contribution in [0.2, 0.25) is 0 Å². The Kier molecular flexibility index (Phi) is 10.2. The summed E-state index contributed by atoms with van der Waals surface area (Å²) in [6.45, 7) is 13.9. The Labute approximate surface area is 165 Å². The van der Waals surface area contributed by atoms with Gasteiger partial charge in [-0.05, 0) is 56.3 Å². The van der Waals surface area contributed by atoms with Gasteiger partial charge in [0, 0.05) is 32.8 Å². The van der Waals surface area contributed by atoms with Gasteiger partial charge in [-0.15, -0.1) is 0 Å². The van der Waals surface area contributed by atoms with Gasteiger partial charge >= 0.3 is 0 Å². The second kappa shape index (κ2) is 12.7. The molecule has 0 unspecified atom stereocenters. The Hall–Kier alpha value is -1.59. The molecule has 0 aliphatic heterocycles. The lowest BCUT2D eigenvalue weighted by Crippen LogP contribution is -2.38. The summed E-state index contributed by atoms with van der Waals surface area (Å²) < 4.78 is 5.68. The minimum atomic E-state index is 0.694. The normalized spacial score (nSPS) is 14.6. The molecule has 5 heteroatoms. The summed E-state index contributed by atoms with van der Waals surface area (Å²) in [7, 11) is 0. The average Bonchev–Trinajstić information content (AvgIpc) is 3.52. The van der Waals surface area contributed by atoms with Crippen molar-refractivity contribution in [3.05, 3.63) is 35.4 Å². The Morgan fingerprint density at radius 3 is 2.41 bits per heavy atom. The van der Waals surface area contributed by atoms with Gasteiger partial charge in [0.1, 0.15) is 0 Å². The molecule has 1 aliphatic carbocycles. The highest BCUT2D eigenvalue weighted by atomic mass is 16.5. The van der Waals surface area contributed by atoms with E-state index in [0.29, 0.717) is 6.54 Å². The molecule has 1 fully saturated rings. The van der Waals surface area contributed by atoms with Crippen molar-refractivity contribution >= 4 is 5.96 Å². The number of benzene rings is 1. The molecular weight excluding hydrogens is 336 g/mol. The number of aliphatic imine (C=N–C) groups is 1. The highest BCUT2D eigenvalue weighted by Gasteiger charge is 2.20. The lowest BCUT2D eigenvalue weighted by molar-refractivity contribution is 0.123. The van der Waals surface area contributed by atoms with Crippen LogP contribution in [0.15, 0.2) is 29.3 Å². The molecule has 0 heterocycles. The minimum absolute atomic E-state index is 0.694. The van der Waals surface area contributed by atoms with Crippen molar-refractivity contribution in [2.75, 3.05) is 39.4 Å². The van der Waals surface area contributed by atoms with Crippen LogP contribution in [0.3, 0.4) is 0 Å². The van der Waals surface area contributed by atoms with E-state index < -0.39 is 0 Å². The standard InChI is InChI=1S/C22H38N4O/c1-4-23-22(24-14-7-15-27-18-21-12-13-21)25-16-19-8-10-20(11-9-19)17-26(5-2)6-3/h8-11,21H,4-7,12-18H2,1-3H3,(H2,23,24,25). The van der Waals surface area contributed by atoms with Crippen LogP contribution in [0.25, 0.3) is 0 Å². The van der Waals surface area contributed by atoms with Gasteiger partial charge in [0.25, 0.3) is 0 Å². The summed E-state index contributed by atoms with van der Waals surface area (Å²) in [5, 5.41) is 6.72. The van der Waals surface area contributed by atoms with Gasteiger partial charge in [-0.1, -0.05) is 38.1 Å². The fraction of sp³-hybridized carbons (Fsp3) is 0.682. The number of hydrogen-bond acceptors (Lipinski definition) is 3. The van der Waals surface area contributed by atoms with Crippen molar-refractivity contribution in [1.29, 1.82) is 0 Å². The van der Waals surface area contributed by atoms with Gasteiger partial charge in [0.05, 0.1) is 6.54 Å². The minimum Gasteiger partial charge on any atom is -0.381 e. The monoisotopic (exact) mass is 374 g/mol. The second-order valence-corrected chi connectivity index (χ2v) is 7.27. The highest BCUT2D eigenvalue weighted by Crippen LogP contribution is 2.28. The predicted octanol–water partition coefficient (Wildman–Crippen LogP) is 3.40. The second-order valence-electron chi connectivity index (χ2n) is 7.27. The summed E-state index contributed by atoms with van der Waals surface area (Å²) >= 11 is 0. The van der Waals surface area contributed by atoms with Crippen molar-refractivity contribution in [2.45, 2.75) is 53.1 Å². The maximum Gasteiger partial charge on any atom is 0.191 e. The van der Waals surface area contributed by atoms with Crippen LogP contribution in [-0.2, 0) is 17.8 Å². The van der Waals surface area contributed by atoms with E-state index >= 15 is 0 Å². The smallest absolute Gasteiger partial charge is 0.191 e. The van der Waals surface area contributed by atoms with Crippen LogP contribution < -0.4 is 10.6 Å². The third kappa shape index (κ3) is 9.25. The Bertz CT molecular complexity index is 536. The molecule has 0 bridgehead atoms. The van der Waals surface area contributed by atoms with Gasteiger partial charge in [0.15, 0.2) is 5.96 Å².